The Balaban J connectivity index is 1.58. The van der Waals surface area contributed by atoms with Crippen LogP contribution in [0.2, 0.25) is 0 Å². The van der Waals surface area contributed by atoms with E-state index >= 15 is 0 Å². The van der Waals surface area contributed by atoms with E-state index in [2.05, 4.69) is 6.92 Å². The molecule has 116 valence electrons. The summed E-state index contributed by atoms with van der Waals surface area (Å²) >= 11 is 0. The lowest BCUT2D eigenvalue weighted by Crippen LogP contribution is -2.27. The lowest BCUT2D eigenvalue weighted by molar-refractivity contribution is -0.161. The van der Waals surface area contributed by atoms with Crippen LogP contribution in [0.25, 0.3) is 0 Å². The van der Waals surface area contributed by atoms with Crippen LogP contribution in [0.1, 0.15) is 58.3 Å². The second kappa shape index (κ2) is 8.63. The molecular formula is C16H28O4. The maximum Gasteiger partial charge on any atom is 0.309 e. The number of unbranched alkanes of at least 4 members (excludes halogenated alkanes) is 2. The van der Waals surface area contributed by atoms with E-state index < -0.39 is 0 Å². The largest absolute Gasteiger partial charge is 0.460 e. The highest BCUT2D eigenvalue weighted by molar-refractivity contribution is 5.72. The Bertz CT molecular complexity index is 278. The van der Waals surface area contributed by atoms with E-state index in [-0.39, 0.29) is 24.8 Å². The van der Waals surface area contributed by atoms with Crippen LogP contribution in [-0.4, -0.2) is 32.1 Å². The molecule has 4 nitrogen and oxygen atoms in total. The maximum absolute atomic E-state index is 12.0. The first-order valence-electron chi connectivity index (χ1n) is 8.19. The van der Waals surface area contributed by atoms with Crippen LogP contribution < -0.4 is 0 Å². The Morgan fingerprint density at radius 2 is 1.80 bits per heavy atom. The van der Waals surface area contributed by atoms with Gasteiger partial charge in [0, 0.05) is 0 Å². The molecule has 2 rings (SSSR count). The summed E-state index contributed by atoms with van der Waals surface area (Å²) in [6.07, 6.45) is 9.29. The van der Waals surface area contributed by atoms with E-state index in [0.717, 1.165) is 18.8 Å². The van der Waals surface area contributed by atoms with Crippen molar-refractivity contribution in [2.24, 2.45) is 11.8 Å². The molecule has 0 amide bonds. The number of carbonyl (C=O) groups is 1. The number of esters is 1. The van der Waals surface area contributed by atoms with Crippen molar-refractivity contribution < 1.29 is 19.0 Å². The number of carbonyl (C=O) groups excluding carboxylic acids is 1. The highest BCUT2D eigenvalue weighted by atomic mass is 16.7. The molecule has 1 saturated heterocycles. The first-order valence-corrected chi connectivity index (χ1v) is 8.19. The molecule has 0 N–H and O–H groups in total. The number of hydrogen-bond acceptors (Lipinski definition) is 4. The second-order valence-electron chi connectivity index (χ2n) is 6.01. The smallest absolute Gasteiger partial charge is 0.309 e. The van der Waals surface area contributed by atoms with Crippen molar-refractivity contribution in [3.63, 3.8) is 0 Å². The zero-order valence-corrected chi connectivity index (χ0v) is 12.6. The number of rotatable bonds is 7. The number of hydrogen-bond donors (Lipinski definition) is 0. The third-order valence-corrected chi connectivity index (χ3v) is 4.45. The molecule has 1 aliphatic heterocycles. The van der Waals surface area contributed by atoms with Crippen LogP contribution >= 0.6 is 0 Å². The van der Waals surface area contributed by atoms with Crippen LogP contribution in [0.15, 0.2) is 0 Å². The van der Waals surface area contributed by atoms with E-state index in [4.69, 9.17) is 14.2 Å². The minimum Gasteiger partial charge on any atom is -0.460 e. The van der Waals surface area contributed by atoms with E-state index in [1.807, 2.05) is 0 Å². The Morgan fingerprint density at radius 1 is 1.10 bits per heavy atom. The topological polar surface area (TPSA) is 44.8 Å². The quantitative estimate of drug-likeness (QED) is 0.531. The van der Waals surface area contributed by atoms with Gasteiger partial charge in [0.15, 0.2) is 6.29 Å². The Morgan fingerprint density at radius 3 is 2.45 bits per heavy atom. The van der Waals surface area contributed by atoms with Crippen molar-refractivity contribution >= 4 is 5.97 Å². The van der Waals surface area contributed by atoms with E-state index in [1.54, 1.807) is 0 Å². The fourth-order valence-corrected chi connectivity index (χ4v) is 3.14. The molecule has 0 bridgehead atoms. The predicted molar refractivity (Wildman–Crippen MR) is 76.2 cm³/mol. The first kappa shape index (κ1) is 15.8. The molecule has 1 aliphatic carbocycles. The van der Waals surface area contributed by atoms with Gasteiger partial charge in [0.2, 0.25) is 0 Å². The van der Waals surface area contributed by atoms with E-state index in [9.17, 15) is 4.79 Å². The summed E-state index contributed by atoms with van der Waals surface area (Å²) in [5, 5.41) is 0. The summed E-state index contributed by atoms with van der Waals surface area (Å²) in [6.45, 7) is 3.69. The third-order valence-electron chi connectivity index (χ3n) is 4.45. The highest BCUT2D eigenvalue weighted by Gasteiger charge is 2.28. The SMILES string of the molecule is CCCCCC1CCC(C(=O)OCC2OCCO2)CC1. The fraction of sp³-hybridized carbons (Fsp3) is 0.938. The molecule has 0 radical (unpaired) electrons. The van der Waals surface area contributed by atoms with Crippen LogP contribution in [0, 0.1) is 11.8 Å². The lowest BCUT2D eigenvalue weighted by Gasteiger charge is -2.27. The molecule has 20 heavy (non-hydrogen) atoms. The molecule has 1 heterocycles. The van der Waals surface area contributed by atoms with Crippen LogP contribution in [0.5, 0.6) is 0 Å². The summed E-state index contributed by atoms with van der Waals surface area (Å²) in [5.74, 6) is 0.863. The minimum atomic E-state index is -0.343. The van der Waals surface area contributed by atoms with E-state index in [0.29, 0.717) is 13.2 Å². The van der Waals surface area contributed by atoms with Gasteiger partial charge in [-0.25, -0.2) is 0 Å². The average Bonchev–Trinajstić information content (AvgIpc) is 2.99. The minimum absolute atomic E-state index is 0.0592. The zero-order chi connectivity index (χ0) is 14.2. The zero-order valence-electron chi connectivity index (χ0n) is 12.6. The fourth-order valence-electron chi connectivity index (χ4n) is 3.14. The normalized spacial score (nSPS) is 27.6. The first-order chi connectivity index (χ1) is 9.79. The summed E-state index contributed by atoms with van der Waals surface area (Å²) in [6, 6.07) is 0. The van der Waals surface area contributed by atoms with Gasteiger partial charge in [0.25, 0.3) is 0 Å². The monoisotopic (exact) mass is 284 g/mol. The van der Waals surface area contributed by atoms with Gasteiger partial charge in [-0.2, -0.15) is 0 Å². The molecular weight excluding hydrogens is 256 g/mol. The lowest BCUT2D eigenvalue weighted by atomic mass is 9.80. The Hall–Kier alpha value is -0.610. The summed E-state index contributed by atoms with van der Waals surface area (Å²) in [5.41, 5.74) is 0. The van der Waals surface area contributed by atoms with Gasteiger partial charge in [0.05, 0.1) is 19.1 Å². The Labute approximate surface area is 122 Å². The van der Waals surface area contributed by atoms with Crippen molar-refractivity contribution in [3.8, 4) is 0 Å². The molecule has 0 aromatic carbocycles. The summed E-state index contributed by atoms with van der Waals surface area (Å²) in [7, 11) is 0. The van der Waals surface area contributed by atoms with E-state index in [1.165, 1.54) is 38.5 Å². The van der Waals surface area contributed by atoms with Crippen molar-refractivity contribution in [3.05, 3.63) is 0 Å². The molecule has 0 atom stereocenters. The van der Waals surface area contributed by atoms with Gasteiger partial charge in [-0.3, -0.25) is 4.79 Å². The second-order valence-corrected chi connectivity index (χ2v) is 6.01. The van der Waals surface area contributed by atoms with Gasteiger partial charge >= 0.3 is 5.97 Å². The molecule has 2 aliphatic rings. The van der Waals surface area contributed by atoms with Crippen molar-refractivity contribution in [2.45, 2.75) is 64.6 Å². The average molecular weight is 284 g/mol. The molecule has 4 heteroatoms. The Kier molecular flexibility index (Phi) is 6.80. The van der Waals surface area contributed by atoms with Gasteiger partial charge in [-0.1, -0.05) is 32.6 Å². The summed E-state index contributed by atoms with van der Waals surface area (Å²) < 4.78 is 15.8. The molecule has 0 aromatic heterocycles. The summed E-state index contributed by atoms with van der Waals surface area (Å²) in [4.78, 5) is 12.0. The molecule has 1 saturated carbocycles. The molecule has 0 aromatic rings. The van der Waals surface area contributed by atoms with Crippen LogP contribution in [0.4, 0.5) is 0 Å². The maximum atomic E-state index is 12.0. The van der Waals surface area contributed by atoms with Gasteiger partial charge in [-0.05, 0) is 31.6 Å². The number of ether oxygens (including phenoxy) is 3. The highest BCUT2D eigenvalue weighted by Crippen LogP contribution is 2.32. The van der Waals surface area contributed by atoms with Crippen molar-refractivity contribution in [2.75, 3.05) is 19.8 Å². The molecule has 0 spiro atoms. The van der Waals surface area contributed by atoms with Crippen LogP contribution in [-0.2, 0) is 19.0 Å². The van der Waals surface area contributed by atoms with Gasteiger partial charge in [0.1, 0.15) is 6.61 Å². The van der Waals surface area contributed by atoms with Crippen molar-refractivity contribution in [1.82, 2.24) is 0 Å². The molecule has 0 unspecified atom stereocenters. The van der Waals surface area contributed by atoms with Crippen molar-refractivity contribution in [1.29, 1.82) is 0 Å². The van der Waals surface area contributed by atoms with Crippen LogP contribution in [0.3, 0.4) is 0 Å². The van der Waals surface area contributed by atoms with Gasteiger partial charge < -0.3 is 14.2 Å². The standard InChI is InChI=1S/C16H28O4/c1-2-3-4-5-13-6-8-14(9-7-13)16(17)20-12-15-18-10-11-19-15/h13-15H,2-12H2,1H3. The van der Waals surface area contributed by atoms with Gasteiger partial charge in [-0.15, -0.1) is 0 Å². The third kappa shape index (κ3) is 5.06. The molecule has 2 fully saturated rings. The predicted octanol–water partition coefficient (Wildman–Crippen LogP) is 3.29.